The third-order valence-corrected chi connectivity index (χ3v) is 5.17. The highest BCUT2D eigenvalue weighted by molar-refractivity contribution is 5.19. The number of hydrogen-bond acceptors (Lipinski definition) is 3. The number of aliphatic hydroxyl groups excluding tert-OH is 1. The van der Waals surface area contributed by atoms with Crippen LogP contribution in [0.4, 0.5) is 0 Å². The Balaban J connectivity index is 1.51. The molecule has 0 spiro atoms. The lowest BCUT2D eigenvalue weighted by atomic mass is 9.83. The van der Waals surface area contributed by atoms with Gasteiger partial charge in [0.25, 0.3) is 5.56 Å². The van der Waals surface area contributed by atoms with Crippen LogP contribution in [0.2, 0.25) is 0 Å². The van der Waals surface area contributed by atoms with Crippen molar-refractivity contribution >= 4 is 0 Å². The number of hydrogen-bond donors (Lipinski definition) is 1. The quantitative estimate of drug-likeness (QED) is 0.943. The number of pyridine rings is 1. The molecule has 0 amide bonds. The molecule has 2 aliphatic rings. The summed E-state index contributed by atoms with van der Waals surface area (Å²) in [6.45, 7) is 3.35. The molecular formula is C19H22N2O2. The zero-order chi connectivity index (χ0) is 15.8. The van der Waals surface area contributed by atoms with Crippen molar-refractivity contribution < 1.29 is 5.11 Å². The molecule has 120 valence electrons. The average molecular weight is 310 g/mol. The molecule has 0 unspecified atom stereocenters. The second-order valence-corrected chi connectivity index (χ2v) is 6.84. The standard InChI is InChI=1S/C19H22N2O2/c22-18(15-5-2-1-3-6-15)13-20-10-14-9-16(12-20)17-7-4-8-19(23)21(17)11-14/h1-8,14,16,18,22H,9-13H2/t14-,16+,18+/m1/s1. The lowest BCUT2D eigenvalue weighted by molar-refractivity contribution is 0.0621. The molecule has 1 fully saturated rings. The number of piperidine rings is 1. The van der Waals surface area contributed by atoms with Crippen molar-refractivity contribution in [1.82, 2.24) is 9.47 Å². The molecule has 4 nitrogen and oxygen atoms in total. The Bertz CT molecular complexity index is 741. The molecule has 23 heavy (non-hydrogen) atoms. The SMILES string of the molecule is O=c1cccc2n1C[C@@H]1C[C@H]2CN(C[C@H](O)c2ccccc2)C1. The maximum Gasteiger partial charge on any atom is 0.250 e. The van der Waals surface area contributed by atoms with Crippen LogP contribution in [0.3, 0.4) is 0 Å². The van der Waals surface area contributed by atoms with E-state index >= 15 is 0 Å². The maximum absolute atomic E-state index is 12.0. The molecule has 1 saturated heterocycles. The van der Waals surface area contributed by atoms with Gasteiger partial charge in [-0.3, -0.25) is 9.69 Å². The zero-order valence-electron chi connectivity index (χ0n) is 13.1. The second kappa shape index (κ2) is 5.95. The van der Waals surface area contributed by atoms with Gasteiger partial charge in [-0.05, 0) is 24.0 Å². The van der Waals surface area contributed by atoms with Crippen molar-refractivity contribution in [3.05, 3.63) is 70.1 Å². The molecule has 1 N–H and O–H groups in total. The molecule has 2 bridgehead atoms. The minimum Gasteiger partial charge on any atom is -0.387 e. The third-order valence-electron chi connectivity index (χ3n) is 5.17. The number of β-amino-alcohol motifs (C(OH)–C–C–N with tert-alkyl or cyclic N) is 1. The van der Waals surface area contributed by atoms with Gasteiger partial charge in [-0.1, -0.05) is 36.4 Å². The summed E-state index contributed by atoms with van der Waals surface area (Å²) in [5.74, 6) is 0.906. The number of fused-ring (bicyclic) bond motifs is 4. The molecule has 1 aromatic carbocycles. The van der Waals surface area contributed by atoms with E-state index in [2.05, 4.69) is 11.0 Å². The highest BCUT2D eigenvalue weighted by atomic mass is 16.3. The number of likely N-dealkylation sites (tertiary alicyclic amines) is 1. The summed E-state index contributed by atoms with van der Waals surface area (Å²) in [5, 5.41) is 10.5. The first kappa shape index (κ1) is 14.7. The van der Waals surface area contributed by atoms with E-state index in [4.69, 9.17) is 0 Å². The van der Waals surface area contributed by atoms with Gasteiger partial charge in [0.15, 0.2) is 0 Å². The van der Waals surface area contributed by atoms with Gasteiger partial charge in [0, 0.05) is 43.9 Å². The van der Waals surface area contributed by atoms with E-state index in [0.717, 1.165) is 37.3 Å². The van der Waals surface area contributed by atoms with Crippen LogP contribution in [-0.2, 0) is 6.54 Å². The third kappa shape index (κ3) is 2.84. The lowest BCUT2D eigenvalue weighted by Gasteiger charge is -2.43. The molecular weight excluding hydrogens is 288 g/mol. The van der Waals surface area contributed by atoms with E-state index < -0.39 is 6.10 Å². The van der Waals surface area contributed by atoms with Crippen molar-refractivity contribution in [3.8, 4) is 0 Å². The molecule has 2 aliphatic heterocycles. The number of rotatable bonds is 3. The van der Waals surface area contributed by atoms with Crippen LogP contribution >= 0.6 is 0 Å². The fourth-order valence-corrected chi connectivity index (χ4v) is 4.17. The minimum absolute atomic E-state index is 0.120. The molecule has 0 aliphatic carbocycles. The number of nitrogens with zero attached hydrogens (tertiary/aromatic N) is 2. The van der Waals surface area contributed by atoms with Crippen LogP contribution in [-0.4, -0.2) is 34.2 Å². The molecule has 1 aromatic heterocycles. The van der Waals surface area contributed by atoms with Gasteiger partial charge in [0.05, 0.1) is 6.10 Å². The van der Waals surface area contributed by atoms with E-state index in [9.17, 15) is 9.90 Å². The molecule has 0 saturated carbocycles. The van der Waals surface area contributed by atoms with Crippen LogP contribution in [0.15, 0.2) is 53.3 Å². The van der Waals surface area contributed by atoms with Gasteiger partial charge in [0.2, 0.25) is 0 Å². The van der Waals surface area contributed by atoms with Gasteiger partial charge in [0.1, 0.15) is 0 Å². The average Bonchev–Trinajstić information content (AvgIpc) is 2.57. The first-order valence-electron chi connectivity index (χ1n) is 8.36. The minimum atomic E-state index is -0.451. The maximum atomic E-state index is 12.0. The fraction of sp³-hybridized carbons (Fsp3) is 0.421. The van der Waals surface area contributed by atoms with Crippen LogP contribution in [0.5, 0.6) is 0 Å². The van der Waals surface area contributed by atoms with Crippen LogP contribution in [0, 0.1) is 5.92 Å². The second-order valence-electron chi connectivity index (χ2n) is 6.84. The Morgan fingerprint density at radius 2 is 1.87 bits per heavy atom. The van der Waals surface area contributed by atoms with Gasteiger partial charge in [-0.2, -0.15) is 0 Å². The molecule has 3 atom stereocenters. The van der Waals surface area contributed by atoms with E-state index in [0.29, 0.717) is 18.4 Å². The lowest BCUT2D eigenvalue weighted by Crippen LogP contribution is -2.48. The van der Waals surface area contributed by atoms with E-state index in [1.165, 1.54) is 0 Å². The summed E-state index contributed by atoms with van der Waals surface area (Å²) < 4.78 is 1.95. The summed E-state index contributed by atoms with van der Waals surface area (Å²) in [5.41, 5.74) is 2.25. The normalized spacial score (nSPS) is 24.9. The van der Waals surface area contributed by atoms with E-state index in [1.807, 2.05) is 41.0 Å². The summed E-state index contributed by atoms with van der Waals surface area (Å²) in [7, 11) is 0. The predicted molar refractivity (Wildman–Crippen MR) is 89.4 cm³/mol. The Labute approximate surface area is 136 Å². The first-order valence-corrected chi connectivity index (χ1v) is 8.36. The molecule has 3 heterocycles. The summed E-state index contributed by atoms with van der Waals surface area (Å²) in [6.07, 6.45) is 0.703. The van der Waals surface area contributed by atoms with Crippen LogP contribution < -0.4 is 5.56 Å². The van der Waals surface area contributed by atoms with Crippen LogP contribution in [0.25, 0.3) is 0 Å². The predicted octanol–water partition coefficient (Wildman–Crippen LogP) is 2.00. The Hall–Kier alpha value is -1.91. The Kier molecular flexibility index (Phi) is 3.79. The van der Waals surface area contributed by atoms with Gasteiger partial charge < -0.3 is 9.67 Å². The Morgan fingerprint density at radius 1 is 1.04 bits per heavy atom. The van der Waals surface area contributed by atoms with Crippen molar-refractivity contribution in [3.63, 3.8) is 0 Å². The first-order chi connectivity index (χ1) is 11.2. The summed E-state index contributed by atoms with van der Waals surface area (Å²) in [6, 6.07) is 15.5. The smallest absolute Gasteiger partial charge is 0.250 e. The van der Waals surface area contributed by atoms with Crippen molar-refractivity contribution in [1.29, 1.82) is 0 Å². The molecule has 2 aromatic rings. The zero-order valence-corrected chi connectivity index (χ0v) is 13.1. The largest absolute Gasteiger partial charge is 0.387 e. The number of aliphatic hydroxyl groups is 1. The summed E-state index contributed by atoms with van der Waals surface area (Å²) >= 11 is 0. The highest BCUT2D eigenvalue weighted by Crippen LogP contribution is 2.35. The van der Waals surface area contributed by atoms with Gasteiger partial charge >= 0.3 is 0 Å². The topological polar surface area (TPSA) is 45.5 Å². The van der Waals surface area contributed by atoms with Crippen LogP contribution in [0.1, 0.15) is 29.7 Å². The molecule has 0 radical (unpaired) electrons. The van der Waals surface area contributed by atoms with Gasteiger partial charge in [-0.15, -0.1) is 0 Å². The van der Waals surface area contributed by atoms with Crippen molar-refractivity contribution in [2.45, 2.75) is 25.0 Å². The highest BCUT2D eigenvalue weighted by Gasteiger charge is 2.34. The monoisotopic (exact) mass is 310 g/mol. The van der Waals surface area contributed by atoms with E-state index in [-0.39, 0.29) is 5.56 Å². The van der Waals surface area contributed by atoms with Crippen molar-refractivity contribution in [2.24, 2.45) is 5.92 Å². The van der Waals surface area contributed by atoms with Gasteiger partial charge in [-0.25, -0.2) is 0 Å². The van der Waals surface area contributed by atoms with E-state index in [1.54, 1.807) is 6.07 Å². The molecule has 4 rings (SSSR count). The fourth-order valence-electron chi connectivity index (χ4n) is 4.17. The van der Waals surface area contributed by atoms with Crippen molar-refractivity contribution in [2.75, 3.05) is 19.6 Å². The Morgan fingerprint density at radius 3 is 2.70 bits per heavy atom. The summed E-state index contributed by atoms with van der Waals surface area (Å²) in [4.78, 5) is 14.4. The number of aromatic nitrogens is 1. The number of benzene rings is 1. The molecule has 4 heteroatoms.